The lowest BCUT2D eigenvalue weighted by atomic mass is 9.49. The van der Waals surface area contributed by atoms with Crippen molar-refractivity contribution in [2.75, 3.05) is 0 Å². The largest absolute Gasteiger partial charge is 0.406 e. The average Bonchev–Trinajstić information content (AvgIpc) is 2.96. The first-order chi connectivity index (χ1) is 12.9. The SMILES string of the molecule is FC(F)(F)Cn1c(Cc2ccccc2)nnc1C12CC3CC(CC(C3)C1)C2. The molecule has 0 radical (unpaired) electrons. The summed E-state index contributed by atoms with van der Waals surface area (Å²) < 4.78 is 41.6. The fraction of sp³-hybridized carbons (Fsp3) is 0.619. The molecule has 0 amide bonds. The van der Waals surface area contributed by atoms with Gasteiger partial charge in [0.15, 0.2) is 0 Å². The van der Waals surface area contributed by atoms with Crippen LogP contribution in [0.1, 0.15) is 55.7 Å². The average molecular weight is 375 g/mol. The van der Waals surface area contributed by atoms with Gasteiger partial charge >= 0.3 is 6.18 Å². The number of aromatic nitrogens is 3. The lowest BCUT2D eigenvalue weighted by Crippen LogP contribution is -2.50. The Balaban J connectivity index is 1.54. The van der Waals surface area contributed by atoms with Crippen molar-refractivity contribution in [1.29, 1.82) is 0 Å². The molecule has 0 saturated heterocycles. The van der Waals surface area contributed by atoms with E-state index in [1.165, 1.54) is 23.8 Å². The topological polar surface area (TPSA) is 30.7 Å². The Labute approximate surface area is 157 Å². The number of hydrogen-bond acceptors (Lipinski definition) is 2. The van der Waals surface area contributed by atoms with E-state index in [1.54, 1.807) is 0 Å². The maximum atomic E-state index is 13.4. The quantitative estimate of drug-likeness (QED) is 0.761. The summed E-state index contributed by atoms with van der Waals surface area (Å²) in [6.07, 6.45) is 2.83. The second kappa shape index (κ2) is 6.08. The van der Waals surface area contributed by atoms with Gasteiger partial charge in [-0.1, -0.05) is 30.3 Å². The predicted octanol–water partition coefficient (Wildman–Crippen LogP) is 4.90. The Morgan fingerprint density at radius 3 is 2.07 bits per heavy atom. The molecule has 0 aliphatic heterocycles. The summed E-state index contributed by atoms with van der Waals surface area (Å²) in [4.78, 5) is 0. The molecule has 27 heavy (non-hydrogen) atoms. The van der Waals surface area contributed by atoms with Gasteiger partial charge in [-0.2, -0.15) is 13.2 Å². The van der Waals surface area contributed by atoms with Gasteiger partial charge in [-0.25, -0.2) is 0 Å². The maximum absolute atomic E-state index is 13.4. The number of benzene rings is 1. The van der Waals surface area contributed by atoms with Gasteiger partial charge in [0.05, 0.1) is 0 Å². The van der Waals surface area contributed by atoms with Crippen molar-refractivity contribution in [2.24, 2.45) is 17.8 Å². The Morgan fingerprint density at radius 2 is 1.52 bits per heavy atom. The highest BCUT2D eigenvalue weighted by Gasteiger charge is 2.54. The van der Waals surface area contributed by atoms with Gasteiger partial charge in [0.25, 0.3) is 0 Å². The van der Waals surface area contributed by atoms with Gasteiger partial charge in [0.1, 0.15) is 18.2 Å². The molecule has 4 saturated carbocycles. The first-order valence-electron chi connectivity index (χ1n) is 9.93. The lowest BCUT2D eigenvalue weighted by molar-refractivity contribution is -0.142. The molecule has 1 heterocycles. The van der Waals surface area contributed by atoms with Gasteiger partial charge in [-0.3, -0.25) is 0 Å². The molecule has 0 atom stereocenters. The zero-order valence-corrected chi connectivity index (χ0v) is 15.3. The molecular weight excluding hydrogens is 351 g/mol. The Hall–Kier alpha value is -1.85. The molecule has 4 fully saturated rings. The summed E-state index contributed by atoms with van der Waals surface area (Å²) in [6.45, 7) is -0.987. The fourth-order valence-electron chi connectivity index (χ4n) is 6.37. The van der Waals surface area contributed by atoms with Crippen molar-refractivity contribution in [3.05, 3.63) is 47.5 Å². The zero-order chi connectivity index (χ0) is 18.6. The maximum Gasteiger partial charge on any atom is 0.406 e. The van der Waals surface area contributed by atoms with Crippen LogP contribution in [0.5, 0.6) is 0 Å². The summed E-state index contributed by atoms with van der Waals surface area (Å²) in [6, 6.07) is 9.57. The minimum atomic E-state index is -4.27. The van der Waals surface area contributed by atoms with Gasteiger partial charge in [0.2, 0.25) is 0 Å². The Kier molecular flexibility index (Phi) is 3.89. The molecule has 6 rings (SSSR count). The molecule has 4 aliphatic carbocycles. The van der Waals surface area contributed by atoms with Crippen LogP contribution in [0.2, 0.25) is 0 Å². The predicted molar refractivity (Wildman–Crippen MR) is 95.2 cm³/mol. The third kappa shape index (κ3) is 3.17. The van der Waals surface area contributed by atoms with Gasteiger partial charge in [0, 0.05) is 11.8 Å². The minimum absolute atomic E-state index is 0.193. The molecule has 4 bridgehead atoms. The van der Waals surface area contributed by atoms with Gasteiger partial charge < -0.3 is 4.57 Å². The summed E-state index contributed by atoms with van der Waals surface area (Å²) in [7, 11) is 0. The minimum Gasteiger partial charge on any atom is -0.305 e. The van der Waals surface area contributed by atoms with Crippen molar-refractivity contribution < 1.29 is 13.2 Å². The molecular formula is C21H24F3N3. The molecule has 4 aliphatic rings. The molecule has 1 aromatic heterocycles. The smallest absolute Gasteiger partial charge is 0.305 e. The molecule has 6 heteroatoms. The molecule has 2 aromatic rings. The van der Waals surface area contributed by atoms with E-state index in [9.17, 15) is 13.2 Å². The summed E-state index contributed by atoms with van der Waals surface area (Å²) >= 11 is 0. The molecule has 3 nitrogen and oxygen atoms in total. The third-order valence-corrected chi connectivity index (χ3v) is 6.88. The third-order valence-electron chi connectivity index (χ3n) is 6.88. The molecule has 0 N–H and O–H groups in total. The number of nitrogens with zero attached hydrogens (tertiary/aromatic N) is 3. The fourth-order valence-corrected chi connectivity index (χ4v) is 6.37. The van der Waals surface area contributed by atoms with Crippen molar-refractivity contribution >= 4 is 0 Å². The second-order valence-electron chi connectivity index (χ2n) is 9.00. The van der Waals surface area contributed by atoms with Crippen molar-refractivity contribution in [2.45, 2.75) is 63.1 Å². The lowest BCUT2D eigenvalue weighted by Gasteiger charge is -2.56. The van der Waals surface area contributed by atoms with E-state index in [1.807, 2.05) is 30.3 Å². The van der Waals surface area contributed by atoms with E-state index >= 15 is 0 Å². The van der Waals surface area contributed by atoms with Crippen LogP contribution in [-0.4, -0.2) is 20.9 Å². The van der Waals surface area contributed by atoms with E-state index in [4.69, 9.17) is 0 Å². The molecule has 0 unspecified atom stereocenters. The van der Waals surface area contributed by atoms with Crippen LogP contribution in [-0.2, 0) is 18.4 Å². The summed E-state index contributed by atoms with van der Waals surface area (Å²) in [5, 5.41) is 8.67. The van der Waals surface area contributed by atoms with E-state index in [0.717, 1.165) is 24.8 Å². The summed E-state index contributed by atoms with van der Waals surface area (Å²) in [5.41, 5.74) is 0.771. The second-order valence-corrected chi connectivity index (χ2v) is 9.00. The molecule has 144 valence electrons. The van der Waals surface area contributed by atoms with Crippen LogP contribution in [0.3, 0.4) is 0 Å². The van der Waals surface area contributed by atoms with Crippen LogP contribution >= 0.6 is 0 Å². The van der Waals surface area contributed by atoms with Crippen LogP contribution in [0.4, 0.5) is 13.2 Å². The van der Waals surface area contributed by atoms with Crippen LogP contribution in [0.25, 0.3) is 0 Å². The highest BCUT2D eigenvalue weighted by atomic mass is 19.4. The standard InChI is InChI=1S/C21H24F3N3/c22-21(23,24)13-27-18(9-14-4-2-1-3-5-14)25-26-19(27)20-10-15-6-16(11-20)8-17(7-15)12-20/h1-5,15-17H,6-13H2. The highest BCUT2D eigenvalue weighted by molar-refractivity contribution is 5.23. The van der Waals surface area contributed by atoms with Crippen LogP contribution < -0.4 is 0 Å². The molecule has 1 aromatic carbocycles. The number of hydrogen-bond donors (Lipinski definition) is 0. The van der Waals surface area contributed by atoms with Gasteiger partial charge in [-0.15, -0.1) is 10.2 Å². The number of rotatable bonds is 4. The van der Waals surface area contributed by atoms with Crippen molar-refractivity contribution in [1.82, 2.24) is 14.8 Å². The highest BCUT2D eigenvalue weighted by Crippen LogP contribution is 2.60. The van der Waals surface area contributed by atoms with E-state index in [0.29, 0.717) is 35.8 Å². The Morgan fingerprint density at radius 1 is 0.926 bits per heavy atom. The monoisotopic (exact) mass is 375 g/mol. The molecule has 0 spiro atoms. The van der Waals surface area contributed by atoms with E-state index in [-0.39, 0.29) is 5.41 Å². The first-order valence-corrected chi connectivity index (χ1v) is 9.93. The van der Waals surface area contributed by atoms with Crippen molar-refractivity contribution in [3.8, 4) is 0 Å². The van der Waals surface area contributed by atoms with Crippen molar-refractivity contribution in [3.63, 3.8) is 0 Å². The zero-order valence-electron chi connectivity index (χ0n) is 15.3. The van der Waals surface area contributed by atoms with Gasteiger partial charge in [-0.05, 0) is 61.8 Å². The van der Waals surface area contributed by atoms with Crippen LogP contribution in [0.15, 0.2) is 30.3 Å². The first kappa shape index (κ1) is 17.3. The number of alkyl halides is 3. The van der Waals surface area contributed by atoms with E-state index < -0.39 is 12.7 Å². The normalized spacial score (nSPS) is 32.2. The number of halogens is 3. The van der Waals surface area contributed by atoms with Crippen LogP contribution in [0, 0.1) is 17.8 Å². The van der Waals surface area contributed by atoms with E-state index in [2.05, 4.69) is 10.2 Å². The Bertz CT molecular complexity index is 790. The summed E-state index contributed by atoms with van der Waals surface area (Å²) in [5.74, 6) is 3.01.